The molecule has 0 amide bonds. The zero-order valence-corrected chi connectivity index (χ0v) is 12.9. The second-order valence-electron chi connectivity index (χ2n) is 5.76. The monoisotopic (exact) mass is 291 g/mol. The van der Waals surface area contributed by atoms with Crippen LogP contribution in [0.4, 0.5) is 5.69 Å². The van der Waals surface area contributed by atoms with Crippen LogP contribution in [0.5, 0.6) is 0 Å². The van der Waals surface area contributed by atoms with E-state index in [9.17, 15) is 9.90 Å². The topological polar surface area (TPSA) is 69.8 Å². The molecule has 1 unspecified atom stereocenters. The maximum absolute atomic E-state index is 11.4. The first kappa shape index (κ1) is 15.8. The molecule has 0 saturated carbocycles. The van der Waals surface area contributed by atoms with Crippen molar-refractivity contribution >= 4 is 11.7 Å². The molecule has 0 radical (unpaired) electrons. The highest BCUT2D eigenvalue weighted by Crippen LogP contribution is 2.20. The normalized spacial score (nSPS) is 18.6. The Hall–Kier alpha value is -1.59. The van der Waals surface area contributed by atoms with Crippen molar-refractivity contribution < 1.29 is 9.90 Å². The number of rotatable bonds is 5. The lowest BCUT2D eigenvalue weighted by Gasteiger charge is -2.38. The van der Waals surface area contributed by atoms with Crippen molar-refractivity contribution in [2.24, 2.45) is 0 Å². The zero-order valence-electron chi connectivity index (χ0n) is 12.9. The zero-order chi connectivity index (χ0) is 15.4. The minimum atomic E-state index is -0.943. The van der Waals surface area contributed by atoms with Crippen LogP contribution < -0.4 is 5.73 Å². The highest BCUT2D eigenvalue weighted by atomic mass is 16.4. The number of nitrogens with zero attached hydrogens (tertiary/aromatic N) is 2. The second kappa shape index (κ2) is 6.91. The number of carbonyl (C=O) groups is 1. The van der Waals surface area contributed by atoms with E-state index in [1.165, 1.54) is 6.42 Å². The molecule has 5 nitrogen and oxygen atoms in total. The molecule has 3 N–H and O–H groups in total. The number of aromatic carboxylic acids is 1. The quantitative estimate of drug-likeness (QED) is 0.811. The molecular weight excluding hydrogens is 266 g/mol. The molecule has 1 aromatic carbocycles. The summed E-state index contributed by atoms with van der Waals surface area (Å²) in [6.45, 7) is 9.15. The molecule has 1 aliphatic rings. The van der Waals surface area contributed by atoms with Gasteiger partial charge in [-0.05, 0) is 25.0 Å². The summed E-state index contributed by atoms with van der Waals surface area (Å²) >= 11 is 0. The van der Waals surface area contributed by atoms with Crippen molar-refractivity contribution in [3.63, 3.8) is 0 Å². The summed E-state index contributed by atoms with van der Waals surface area (Å²) in [4.78, 5) is 16.2. The Bertz CT molecular complexity index is 496. The van der Waals surface area contributed by atoms with Gasteiger partial charge in [-0.25, -0.2) is 4.79 Å². The number of carboxylic acid groups (broad SMARTS) is 1. The van der Waals surface area contributed by atoms with Gasteiger partial charge in [-0.2, -0.15) is 0 Å². The molecule has 2 rings (SSSR count). The Labute approximate surface area is 126 Å². The van der Waals surface area contributed by atoms with E-state index >= 15 is 0 Å². The van der Waals surface area contributed by atoms with Gasteiger partial charge >= 0.3 is 5.97 Å². The maximum Gasteiger partial charge on any atom is 0.338 e. The molecular formula is C16H25N3O2. The van der Waals surface area contributed by atoms with E-state index in [0.29, 0.717) is 18.3 Å². The van der Waals surface area contributed by atoms with Crippen LogP contribution in [0.1, 0.15) is 36.2 Å². The van der Waals surface area contributed by atoms with Gasteiger partial charge < -0.3 is 10.8 Å². The highest BCUT2D eigenvalue weighted by molar-refractivity contribution is 5.95. The van der Waals surface area contributed by atoms with Gasteiger partial charge in [-0.15, -0.1) is 0 Å². The molecule has 0 aliphatic carbocycles. The Morgan fingerprint density at radius 2 is 2.00 bits per heavy atom. The molecule has 1 heterocycles. The Morgan fingerprint density at radius 3 is 2.57 bits per heavy atom. The molecule has 116 valence electrons. The van der Waals surface area contributed by atoms with E-state index in [2.05, 4.69) is 23.6 Å². The van der Waals surface area contributed by atoms with E-state index in [1.807, 2.05) is 12.1 Å². The van der Waals surface area contributed by atoms with Crippen molar-refractivity contribution in [1.29, 1.82) is 0 Å². The number of hydrogen-bond acceptors (Lipinski definition) is 4. The maximum atomic E-state index is 11.4. The van der Waals surface area contributed by atoms with Gasteiger partial charge in [0, 0.05) is 44.5 Å². The molecule has 1 aliphatic heterocycles. The van der Waals surface area contributed by atoms with Crippen molar-refractivity contribution in [3.05, 3.63) is 29.3 Å². The van der Waals surface area contributed by atoms with Gasteiger partial charge in [-0.1, -0.05) is 19.1 Å². The van der Waals surface area contributed by atoms with Crippen LogP contribution >= 0.6 is 0 Å². The Morgan fingerprint density at radius 1 is 1.33 bits per heavy atom. The highest BCUT2D eigenvalue weighted by Gasteiger charge is 2.22. The van der Waals surface area contributed by atoms with E-state index in [4.69, 9.17) is 5.73 Å². The molecule has 1 atom stereocenters. The van der Waals surface area contributed by atoms with E-state index in [0.717, 1.165) is 31.7 Å². The average Bonchev–Trinajstić information content (AvgIpc) is 2.47. The number of nitrogen functional groups attached to an aromatic ring is 1. The lowest BCUT2D eigenvalue weighted by Crippen LogP contribution is -2.49. The lowest BCUT2D eigenvalue weighted by molar-refractivity contribution is 0.0692. The Balaban J connectivity index is 2.01. The molecule has 5 heteroatoms. The van der Waals surface area contributed by atoms with Gasteiger partial charge in [0.05, 0.1) is 5.56 Å². The first-order chi connectivity index (χ1) is 10.0. The van der Waals surface area contributed by atoms with Crippen LogP contribution in [-0.4, -0.2) is 53.1 Å². The number of benzene rings is 1. The fourth-order valence-electron chi connectivity index (χ4n) is 2.87. The molecule has 21 heavy (non-hydrogen) atoms. The van der Waals surface area contributed by atoms with Crippen molar-refractivity contribution in [3.8, 4) is 0 Å². The second-order valence-corrected chi connectivity index (χ2v) is 5.76. The van der Waals surface area contributed by atoms with Crippen molar-refractivity contribution in [2.45, 2.75) is 32.9 Å². The van der Waals surface area contributed by atoms with Gasteiger partial charge in [0.25, 0.3) is 0 Å². The van der Waals surface area contributed by atoms with E-state index in [1.54, 1.807) is 6.07 Å². The summed E-state index contributed by atoms with van der Waals surface area (Å²) in [7, 11) is 0. The third-order valence-corrected chi connectivity index (χ3v) is 4.41. The van der Waals surface area contributed by atoms with Crippen LogP contribution in [-0.2, 0) is 6.54 Å². The SMILES string of the molecule is CCC(C)N1CCN(Cc2cccc(N)c2C(=O)O)CC1. The molecule has 0 aromatic heterocycles. The lowest BCUT2D eigenvalue weighted by atomic mass is 10.0. The standard InChI is InChI=1S/C16H25N3O2/c1-3-12(2)19-9-7-18(8-10-19)11-13-5-4-6-14(17)15(13)16(20)21/h4-6,12H,3,7-11,17H2,1-2H3,(H,20,21). The number of hydrogen-bond donors (Lipinski definition) is 2. The number of nitrogens with two attached hydrogens (primary N) is 1. The summed E-state index contributed by atoms with van der Waals surface area (Å²) in [5.74, 6) is -0.943. The largest absolute Gasteiger partial charge is 0.478 e. The average molecular weight is 291 g/mol. The van der Waals surface area contributed by atoms with Crippen LogP contribution in [0.25, 0.3) is 0 Å². The van der Waals surface area contributed by atoms with Crippen LogP contribution in [0.2, 0.25) is 0 Å². The minimum absolute atomic E-state index is 0.252. The third-order valence-electron chi connectivity index (χ3n) is 4.41. The molecule has 0 bridgehead atoms. The van der Waals surface area contributed by atoms with Gasteiger partial charge in [0.2, 0.25) is 0 Å². The summed E-state index contributed by atoms with van der Waals surface area (Å²) in [6.07, 6.45) is 1.17. The van der Waals surface area contributed by atoms with Crippen LogP contribution in [0, 0.1) is 0 Å². The molecule has 1 aromatic rings. The molecule has 1 saturated heterocycles. The first-order valence-electron chi connectivity index (χ1n) is 7.60. The van der Waals surface area contributed by atoms with Crippen LogP contribution in [0.15, 0.2) is 18.2 Å². The number of anilines is 1. The fourth-order valence-corrected chi connectivity index (χ4v) is 2.87. The smallest absolute Gasteiger partial charge is 0.338 e. The number of carboxylic acids is 1. The summed E-state index contributed by atoms with van der Waals surface area (Å²) in [5, 5.41) is 9.32. The van der Waals surface area contributed by atoms with Crippen molar-refractivity contribution in [1.82, 2.24) is 9.80 Å². The predicted octanol–water partition coefficient (Wildman–Crippen LogP) is 1.88. The molecule has 1 fully saturated rings. The summed E-state index contributed by atoms with van der Waals surface area (Å²) in [6, 6.07) is 5.95. The minimum Gasteiger partial charge on any atom is -0.478 e. The van der Waals surface area contributed by atoms with E-state index < -0.39 is 5.97 Å². The summed E-state index contributed by atoms with van der Waals surface area (Å²) in [5.41, 5.74) is 7.20. The predicted molar refractivity (Wildman–Crippen MR) is 84.4 cm³/mol. The Kier molecular flexibility index (Phi) is 5.20. The van der Waals surface area contributed by atoms with E-state index in [-0.39, 0.29) is 5.56 Å². The van der Waals surface area contributed by atoms with Gasteiger partial charge in [-0.3, -0.25) is 9.80 Å². The van der Waals surface area contributed by atoms with Crippen molar-refractivity contribution in [2.75, 3.05) is 31.9 Å². The number of piperazine rings is 1. The fraction of sp³-hybridized carbons (Fsp3) is 0.562. The first-order valence-corrected chi connectivity index (χ1v) is 7.60. The summed E-state index contributed by atoms with van der Waals surface area (Å²) < 4.78 is 0. The van der Waals surface area contributed by atoms with Gasteiger partial charge in [0.1, 0.15) is 0 Å². The molecule has 0 spiro atoms. The third kappa shape index (κ3) is 3.74. The van der Waals surface area contributed by atoms with Crippen LogP contribution in [0.3, 0.4) is 0 Å². The van der Waals surface area contributed by atoms with Gasteiger partial charge in [0.15, 0.2) is 0 Å².